The smallest absolute Gasteiger partial charge is 0.410 e. The van der Waals surface area contributed by atoms with Gasteiger partial charge in [-0.3, -0.25) is 0 Å². The number of nitrogens with zero attached hydrogens (tertiary/aromatic N) is 1. The van der Waals surface area contributed by atoms with Crippen LogP contribution < -0.4 is 5.32 Å². The van der Waals surface area contributed by atoms with Crippen LogP contribution in [-0.4, -0.2) is 36.7 Å². The predicted molar refractivity (Wildman–Crippen MR) is 93.8 cm³/mol. The molecule has 0 saturated carbocycles. The van der Waals surface area contributed by atoms with Crippen LogP contribution in [0.3, 0.4) is 0 Å². The summed E-state index contributed by atoms with van der Waals surface area (Å²) in [6.07, 6.45) is 1.85. The highest BCUT2D eigenvalue weighted by Crippen LogP contribution is 2.31. The molecule has 1 aromatic rings. The van der Waals surface area contributed by atoms with Crippen molar-refractivity contribution >= 4 is 17.7 Å². The van der Waals surface area contributed by atoms with Gasteiger partial charge in [0.2, 0.25) is 0 Å². The predicted octanol–water partition coefficient (Wildman–Crippen LogP) is 4.25. The lowest BCUT2D eigenvalue weighted by Gasteiger charge is -2.37. The van der Waals surface area contributed by atoms with Crippen molar-refractivity contribution in [1.29, 1.82) is 0 Å². The molecule has 0 aromatic heterocycles. The number of nitrogens with one attached hydrogen (secondary N) is 1. The number of benzene rings is 1. The maximum absolute atomic E-state index is 12.3. The van der Waals surface area contributed by atoms with Crippen LogP contribution in [0.2, 0.25) is 5.02 Å². The van der Waals surface area contributed by atoms with E-state index in [0.717, 1.165) is 30.0 Å². The number of likely N-dealkylation sites (tertiary alicyclic amines) is 1. The van der Waals surface area contributed by atoms with Crippen LogP contribution in [0.25, 0.3) is 0 Å². The van der Waals surface area contributed by atoms with Crippen molar-refractivity contribution in [2.24, 2.45) is 5.92 Å². The lowest BCUT2D eigenvalue weighted by atomic mass is 9.86. The van der Waals surface area contributed by atoms with Gasteiger partial charge >= 0.3 is 6.09 Å². The summed E-state index contributed by atoms with van der Waals surface area (Å²) in [4.78, 5) is 14.2. The van der Waals surface area contributed by atoms with Crippen LogP contribution in [0.5, 0.6) is 0 Å². The molecule has 1 aromatic carbocycles. The number of halogens is 1. The van der Waals surface area contributed by atoms with Gasteiger partial charge < -0.3 is 15.0 Å². The molecule has 5 heteroatoms. The fourth-order valence-corrected chi connectivity index (χ4v) is 3.35. The minimum absolute atomic E-state index is 0.180. The minimum atomic E-state index is -0.459. The van der Waals surface area contributed by atoms with Crippen molar-refractivity contribution < 1.29 is 9.53 Å². The first-order chi connectivity index (χ1) is 10.8. The molecule has 1 aliphatic rings. The average Bonchev–Trinajstić information content (AvgIpc) is 2.47. The molecule has 2 rings (SSSR count). The third kappa shape index (κ3) is 5.11. The van der Waals surface area contributed by atoms with E-state index in [1.807, 2.05) is 50.9 Å². The standard InChI is InChI=1S/C18H27ClN2O2/c1-18(2,3)23-17(22)21-10-6-8-14(12-21)16(20-4)13-7-5-9-15(19)11-13/h5,7,9,11,14,16,20H,6,8,10,12H2,1-4H3. The summed E-state index contributed by atoms with van der Waals surface area (Å²) in [7, 11) is 1.96. The average molecular weight is 339 g/mol. The van der Waals surface area contributed by atoms with Gasteiger partial charge in [0.15, 0.2) is 0 Å². The van der Waals surface area contributed by atoms with Gasteiger partial charge in [-0.1, -0.05) is 23.7 Å². The highest BCUT2D eigenvalue weighted by atomic mass is 35.5. The van der Waals surface area contributed by atoms with Crippen molar-refractivity contribution in [3.63, 3.8) is 0 Å². The Morgan fingerprint density at radius 1 is 1.43 bits per heavy atom. The molecule has 0 bridgehead atoms. The van der Waals surface area contributed by atoms with Gasteiger partial charge in [-0.2, -0.15) is 0 Å². The summed E-state index contributed by atoms with van der Waals surface area (Å²) >= 11 is 6.12. The molecule has 2 unspecified atom stereocenters. The summed E-state index contributed by atoms with van der Waals surface area (Å²) in [5.41, 5.74) is 0.704. The molecule has 1 N–H and O–H groups in total. The monoisotopic (exact) mass is 338 g/mol. The van der Waals surface area contributed by atoms with Crippen LogP contribution in [-0.2, 0) is 4.74 Å². The van der Waals surface area contributed by atoms with Gasteiger partial charge in [-0.25, -0.2) is 4.79 Å². The Bertz CT molecular complexity index is 542. The Morgan fingerprint density at radius 2 is 2.17 bits per heavy atom. The number of carbonyl (C=O) groups excluding carboxylic acids is 1. The Morgan fingerprint density at radius 3 is 2.78 bits per heavy atom. The number of hydrogen-bond acceptors (Lipinski definition) is 3. The number of piperidine rings is 1. The molecule has 128 valence electrons. The first-order valence-electron chi connectivity index (χ1n) is 8.21. The van der Waals surface area contributed by atoms with Crippen molar-refractivity contribution in [2.75, 3.05) is 20.1 Å². The number of hydrogen-bond donors (Lipinski definition) is 1. The van der Waals surface area contributed by atoms with Gasteiger partial charge in [0.05, 0.1) is 0 Å². The molecule has 2 atom stereocenters. The molecule has 1 amide bonds. The number of carbonyl (C=O) groups is 1. The van der Waals surface area contributed by atoms with Crippen LogP contribution in [0.4, 0.5) is 4.79 Å². The summed E-state index contributed by atoms with van der Waals surface area (Å²) in [6, 6.07) is 8.11. The van der Waals surface area contributed by atoms with Crippen LogP contribution >= 0.6 is 11.6 Å². The lowest BCUT2D eigenvalue weighted by molar-refractivity contribution is 0.0145. The molecule has 0 spiro atoms. The van der Waals surface area contributed by atoms with Gasteiger partial charge in [0.1, 0.15) is 5.60 Å². The topological polar surface area (TPSA) is 41.6 Å². The third-order valence-electron chi connectivity index (χ3n) is 4.10. The van der Waals surface area contributed by atoms with Gasteiger partial charge in [-0.15, -0.1) is 0 Å². The third-order valence-corrected chi connectivity index (χ3v) is 4.33. The van der Waals surface area contributed by atoms with Crippen molar-refractivity contribution in [1.82, 2.24) is 10.2 Å². The SMILES string of the molecule is CNC(c1cccc(Cl)c1)C1CCCN(C(=O)OC(C)(C)C)C1. The summed E-state index contributed by atoms with van der Waals surface area (Å²) in [5, 5.41) is 4.12. The summed E-state index contributed by atoms with van der Waals surface area (Å²) in [6.45, 7) is 7.16. The van der Waals surface area contributed by atoms with E-state index < -0.39 is 5.60 Å². The molecular formula is C18H27ClN2O2. The second kappa shape index (κ2) is 7.54. The Kier molecular flexibility index (Phi) is 5.93. The van der Waals surface area contributed by atoms with E-state index in [-0.39, 0.29) is 12.1 Å². The molecule has 4 nitrogen and oxygen atoms in total. The first kappa shape index (κ1) is 18.1. The fourth-order valence-electron chi connectivity index (χ4n) is 3.15. The highest BCUT2D eigenvalue weighted by molar-refractivity contribution is 6.30. The molecule has 1 fully saturated rings. The van der Waals surface area contributed by atoms with Crippen LogP contribution in [0, 0.1) is 5.92 Å². The minimum Gasteiger partial charge on any atom is -0.444 e. The Balaban J connectivity index is 2.08. The van der Waals surface area contributed by atoms with Crippen molar-refractivity contribution in [3.05, 3.63) is 34.9 Å². The zero-order chi connectivity index (χ0) is 17.0. The maximum Gasteiger partial charge on any atom is 0.410 e. The molecular weight excluding hydrogens is 312 g/mol. The summed E-state index contributed by atoms with van der Waals surface area (Å²) < 4.78 is 5.51. The second-order valence-corrected chi connectivity index (χ2v) is 7.59. The number of ether oxygens (including phenoxy) is 1. The zero-order valence-corrected chi connectivity index (χ0v) is 15.2. The van der Waals surface area contributed by atoms with Gasteiger partial charge in [0.25, 0.3) is 0 Å². The zero-order valence-electron chi connectivity index (χ0n) is 14.4. The van der Waals surface area contributed by atoms with Crippen molar-refractivity contribution in [3.8, 4) is 0 Å². The Labute approximate surface area is 144 Å². The van der Waals surface area contributed by atoms with Crippen molar-refractivity contribution in [2.45, 2.75) is 45.3 Å². The van der Waals surface area contributed by atoms with E-state index in [1.54, 1.807) is 0 Å². The van der Waals surface area contributed by atoms with Crippen LogP contribution in [0.15, 0.2) is 24.3 Å². The normalized spacial score (nSPS) is 20.2. The van der Waals surface area contributed by atoms with E-state index in [9.17, 15) is 4.79 Å². The van der Waals surface area contributed by atoms with Gasteiger partial charge in [-0.05, 0) is 64.3 Å². The van der Waals surface area contributed by atoms with E-state index >= 15 is 0 Å². The second-order valence-electron chi connectivity index (χ2n) is 7.15. The molecule has 23 heavy (non-hydrogen) atoms. The fraction of sp³-hybridized carbons (Fsp3) is 0.611. The van der Waals surface area contributed by atoms with Crippen LogP contribution in [0.1, 0.15) is 45.2 Å². The first-order valence-corrected chi connectivity index (χ1v) is 8.58. The van der Waals surface area contributed by atoms with E-state index in [1.165, 1.54) is 0 Å². The number of amides is 1. The Hall–Kier alpha value is -1.26. The quantitative estimate of drug-likeness (QED) is 0.895. The largest absolute Gasteiger partial charge is 0.444 e. The molecule has 0 aliphatic carbocycles. The van der Waals surface area contributed by atoms with Gasteiger partial charge in [0, 0.05) is 24.2 Å². The highest BCUT2D eigenvalue weighted by Gasteiger charge is 2.31. The van der Waals surface area contributed by atoms with E-state index in [0.29, 0.717) is 12.5 Å². The molecule has 1 saturated heterocycles. The lowest BCUT2D eigenvalue weighted by Crippen LogP contribution is -2.45. The number of rotatable bonds is 3. The molecule has 1 aliphatic heterocycles. The summed E-state index contributed by atoms with van der Waals surface area (Å²) in [5.74, 6) is 0.347. The molecule has 1 heterocycles. The maximum atomic E-state index is 12.3. The van der Waals surface area contributed by atoms with E-state index in [2.05, 4.69) is 11.4 Å². The molecule has 0 radical (unpaired) electrons. The van der Waals surface area contributed by atoms with E-state index in [4.69, 9.17) is 16.3 Å².